The first-order valence-corrected chi connectivity index (χ1v) is 10.5. The summed E-state index contributed by atoms with van der Waals surface area (Å²) in [5.74, 6) is 0.738. The average Bonchev–Trinajstić information content (AvgIpc) is 3.28. The molecule has 2 aromatic heterocycles. The molecule has 1 atom stereocenters. The molecule has 1 saturated heterocycles. The Morgan fingerprint density at radius 1 is 1.00 bits per heavy atom. The van der Waals surface area contributed by atoms with Crippen LogP contribution in [0.25, 0.3) is 5.65 Å². The Bertz CT molecular complexity index is 1300. The topological polar surface area (TPSA) is 93.6 Å². The third kappa shape index (κ3) is 3.60. The molecule has 8 nitrogen and oxygen atoms in total. The van der Waals surface area contributed by atoms with E-state index in [1.54, 1.807) is 36.4 Å². The zero-order valence-corrected chi connectivity index (χ0v) is 17.3. The van der Waals surface area contributed by atoms with Crippen molar-refractivity contribution < 1.29 is 9.72 Å². The highest BCUT2D eigenvalue weighted by Crippen LogP contribution is 2.35. The number of hydrogen-bond donors (Lipinski definition) is 0. The molecule has 1 aliphatic heterocycles. The summed E-state index contributed by atoms with van der Waals surface area (Å²) < 4.78 is 1.98. The fraction of sp³-hybridized carbons (Fsp3) is 0.208. The molecule has 0 saturated carbocycles. The van der Waals surface area contributed by atoms with Crippen molar-refractivity contribution in [2.24, 2.45) is 0 Å². The predicted molar refractivity (Wildman–Crippen MR) is 120 cm³/mol. The van der Waals surface area contributed by atoms with Gasteiger partial charge in [0.2, 0.25) is 0 Å². The van der Waals surface area contributed by atoms with Crippen molar-refractivity contribution in [2.45, 2.75) is 18.8 Å². The molecule has 32 heavy (non-hydrogen) atoms. The van der Waals surface area contributed by atoms with E-state index >= 15 is 0 Å². The van der Waals surface area contributed by atoms with Gasteiger partial charge in [-0.3, -0.25) is 19.3 Å². The minimum absolute atomic E-state index is 0.0569. The first-order chi connectivity index (χ1) is 15.6. The molecule has 0 N–H and O–H groups in total. The summed E-state index contributed by atoms with van der Waals surface area (Å²) in [7, 11) is 0. The van der Waals surface area contributed by atoms with Crippen LogP contribution in [-0.2, 0) is 0 Å². The van der Waals surface area contributed by atoms with Gasteiger partial charge in [0.25, 0.3) is 5.69 Å². The van der Waals surface area contributed by atoms with Crippen LogP contribution in [0.3, 0.4) is 0 Å². The van der Waals surface area contributed by atoms with Gasteiger partial charge in [-0.1, -0.05) is 36.4 Å². The van der Waals surface area contributed by atoms with E-state index in [1.165, 1.54) is 6.07 Å². The lowest BCUT2D eigenvalue weighted by molar-refractivity contribution is -0.384. The molecule has 0 radical (unpaired) electrons. The van der Waals surface area contributed by atoms with Crippen LogP contribution < -0.4 is 4.90 Å². The van der Waals surface area contributed by atoms with Crippen LogP contribution in [0.1, 0.15) is 40.5 Å². The molecule has 8 heteroatoms. The molecule has 3 heterocycles. The zero-order chi connectivity index (χ0) is 22.1. The maximum atomic E-state index is 12.8. The second-order valence-electron chi connectivity index (χ2n) is 7.93. The Kier molecular flexibility index (Phi) is 5.10. The first-order valence-electron chi connectivity index (χ1n) is 10.5. The summed E-state index contributed by atoms with van der Waals surface area (Å²) >= 11 is 0. The molecule has 4 aromatic rings. The van der Waals surface area contributed by atoms with Gasteiger partial charge in [-0.2, -0.15) is 0 Å². The molecule has 0 spiro atoms. The zero-order valence-electron chi connectivity index (χ0n) is 17.3. The molecule has 0 aliphatic carbocycles. The number of piperidine rings is 1. The number of rotatable bonds is 5. The molecule has 160 valence electrons. The second kappa shape index (κ2) is 8.22. The molecule has 1 unspecified atom stereocenters. The Morgan fingerprint density at radius 3 is 2.62 bits per heavy atom. The van der Waals surface area contributed by atoms with Gasteiger partial charge in [0.15, 0.2) is 11.4 Å². The molecule has 0 amide bonds. The Morgan fingerprint density at radius 2 is 1.81 bits per heavy atom. The molecular formula is C24H21N5O3. The lowest BCUT2D eigenvalue weighted by Crippen LogP contribution is -2.35. The molecule has 1 fully saturated rings. The van der Waals surface area contributed by atoms with E-state index in [9.17, 15) is 14.9 Å². The minimum atomic E-state index is -0.410. The predicted octanol–water partition coefficient (Wildman–Crippen LogP) is 4.25. The highest BCUT2D eigenvalue weighted by molar-refractivity contribution is 6.09. The highest BCUT2D eigenvalue weighted by Gasteiger charge is 2.29. The number of nitrogens with zero attached hydrogens (tertiary/aromatic N) is 5. The van der Waals surface area contributed by atoms with Crippen molar-refractivity contribution in [1.29, 1.82) is 0 Å². The minimum Gasteiger partial charge on any atom is -0.365 e. The number of ketones is 1. The summed E-state index contributed by atoms with van der Waals surface area (Å²) in [6, 6.07) is 19.3. The number of anilines is 1. The number of carbonyl (C=O) groups is 1. The van der Waals surface area contributed by atoms with Gasteiger partial charge >= 0.3 is 0 Å². The van der Waals surface area contributed by atoms with Gasteiger partial charge in [-0.05, 0) is 37.1 Å². The van der Waals surface area contributed by atoms with Crippen LogP contribution in [0, 0.1) is 10.1 Å². The van der Waals surface area contributed by atoms with Gasteiger partial charge in [0.1, 0.15) is 11.5 Å². The number of carbonyl (C=O) groups excluding carboxylic acids is 1. The van der Waals surface area contributed by atoms with Crippen molar-refractivity contribution in [1.82, 2.24) is 14.6 Å². The van der Waals surface area contributed by atoms with Crippen LogP contribution in [0.2, 0.25) is 0 Å². The van der Waals surface area contributed by atoms with Crippen LogP contribution in [0.4, 0.5) is 11.4 Å². The number of aromatic nitrogens is 3. The standard InChI is InChI=1S/C24H21N5O3/c30-23(17-7-2-1-3-8-17)18-11-12-20(21(15-18)29(31)32)27-13-6-9-19(16-27)24-26-25-22-10-4-5-14-28(22)24/h1-5,7-8,10-12,14-15,19H,6,9,13,16H2. The second-order valence-corrected chi connectivity index (χ2v) is 7.93. The summed E-state index contributed by atoms with van der Waals surface area (Å²) in [4.78, 5) is 26.3. The Labute approximate surface area is 184 Å². The van der Waals surface area contributed by atoms with E-state index in [2.05, 4.69) is 10.2 Å². The van der Waals surface area contributed by atoms with Crippen molar-refractivity contribution in [2.75, 3.05) is 18.0 Å². The number of fused-ring (bicyclic) bond motifs is 1. The number of benzene rings is 2. The van der Waals surface area contributed by atoms with Gasteiger partial charge < -0.3 is 4.90 Å². The van der Waals surface area contributed by atoms with Crippen molar-refractivity contribution in [3.05, 3.63) is 100.0 Å². The third-order valence-electron chi connectivity index (χ3n) is 5.94. The van der Waals surface area contributed by atoms with Crippen LogP contribution in [0.5, 0.6) is 0 Å². The largest absolute Gasteiger partial charge is 0.365 e. The lowest BCUT2D eigenvalue weighted by atomic mass is 9.96. The molecule has 5 rings (SSSR count). The van der Waals surface area contributed by atoms with Gasteiger partial charge in [-0.25, -0.2) is 0 Å². The Hall–Kier alpha value is -4.07. The lowest BCUT2D eigenvalue weighted by Gasteiger charge is -2.33. The van der Waals surface area contributed by atoms with Crippen LogP contribution >= 0.6 is 0 Å². The van der Waals surface area contributed by atoms with E-state index in [0.717, 1.165) is 24.3 Å². The van der Waals surface area contributed by atoms with Crippen molar-refractivity contribution in [3.63, 3.8) is 0 Å². The monoisotopic (exact) mass is 427 g/mol. The van der Waals surface area contributed by atoms with Crippen molar-refractivity contribution in [3.8, 4) is 0 Å². The van der Waals surface area contributed by atoms with Crippen molar-refractivity contribution >= 4 is 22.8 Å². The number of hydrogen-bond acceptors (Lipinski definition) is 6. The summed E-state index contributed by atoms with van der Waals surface area (Å²) in [6.07, 6.45) is 3.76. The normalized spacial score (nSPS) is 16.2. The summed E-state index contributed by atoms with van der Waals surface area (Å²) in [5.41, 5.74) is 2.07. The van der Waals surface area contributed by atoms with Gasteiger partial charge in [0.05, 0.1) is 4.92 Å². The van der Waals surface area contributed by atoms with Crippen LogP contribution in [0.15, 0.2) is 72.9 Å². The van der Waals surface area contributed by atoms with Crippen LogP contribution in [-0.4, -0.2) is 38.4 Å². The molecule has 2 aromatic carbocycles. The maximum absolute atomic E-state index is 12.8. The quantitative estimate of drug-likeness (QED) is 0.268. The summed E-state index contributed by atoms with van der Waals surface area (Å²) in [5, 5.41) is 20.5. The van der Waals surface area contributed by atoms with E-state index < -0.39 is 4.92 Å². The Balaban J connectivity index is 1.46. The average molecular weight is 427 g/mol. The first kappa shape index (κ1) is 19.9. The molecule has 0 bridgehead atoms. The third-order valence-corrected chi connectivity index (χ3v) is 5.94. The number of nitro benzene ring substituents is 1. The fourth-order valence-corrected chi connectivity index (χ4v) is 4.38. The molecule has 1 aliphatic rings. The smallest absolute Gasteiger partial charge is 0.293 e. The van der Waals surface area contributed by atoms with E-state index in [1.807, 2.05) is 39.8 Å². The SMILES string of the molecule is O=C(c1ccccc1)c1ccc(N2CCCC(c3nnc4ccccn34)C2)c([N+](=O)[O-])c1. The van der Waals surface area contributed by atoms with E-state index in [-0.39, 0.29) is 17.4 Å². The van der Waals surface area contributed by atoms with Gasteiger partial charge in [0, 0.05) is 42.4 Å². The number of pyridine rings is 1. The fourth-order valence-electron chi connectivity index (χ4n) is 4.38. The van der Waals surface area contributed by atoms with E-state index in [0.29, 0.717) is 29.9 Å². The van der Waals surface area contributed by atoms with E-state index in [4.69, 9.17) is 0 Å². The number of nitro groups is 1. The maximum Gasteiger partial charge on any atom is 0.293 e. The highest BCUT2D eigenvalue weighted by atomic mass is 16.6. The summed E-state index contributed by atoms with van der Waals surface area (Å²) in [6.45, 7) is 1.31. The molecular weight excluding hydrogens is 406 g/mol. The van der Waals surface area contributed by atoms with Gasteiger partial charge in [-0.15, -0.1) is 10.2 Å².